The van der Waals surface area contributed by atoms with E-state index in [2.05, 4.69) is 35.3 Å². The predicted octanol–water partition coefficient (Wildman–Crippen LogP) is 5.35. The summed E-state index contributed by atoms with van der Waals surface area (Å²) >= 11 is 6.24. The van der Waals surface area contributed by atoms with Gasteiger partial charge in [0.2, 0.25) is 0 Å². The molecule has 0 saturated heterocycles. The van der Waals surface area contributed by atoms with Crippen molar-refractivity contribution in [3.63, 3.8) is 0 Å². The molecule has 4 aromatic rings. The van der Waals surface area contributed by atoms with E-state index in [0.717, 1.165) is 22.3 Å². The van der Waals surface area contributed by atoms with E-state index < -0.39 is 0 Å². The van der Waals surface area contributed by atoms with Crippen molar-refractivity contribution in [3.05, 3.63) is 78.1 Å². The van der Waals surface area contributed by atoms with Gasteiger partial charge in [-0.1, -0.05) is 48.0 Å². The van der Waals surface area contributed by atoms with E-state index in [4.69, 9.17) is 16.3 Å². The zero-order chi connectivity index (χ0) is 16.5. The average Bonchev–Trinajstić information content (AvgIpc) is 3.05. The van der Waals surface area contributed by atoms with Gasteiger partial charge in [0.05, 0.1) is 23.2 Å². The Morgan fingerprint density at radius 3 is 2.50 bits per heavy atom. The summed E-state index contributed by atoms with van der Waals surface area (Å²) in [5.74, 6) is 0.663. The van der Waals surface area contributed by atoms with Gasteiger partial charge in [-0.2, -0.15) is 0 Å². The van der Waals surface area contributed by atoms with Crippen molar-refractivity contribution in [2.45, 2.75) is 0 Å². The Labute approximate surface area is 145 Å². The molecule has 4 rings (SSSR count). The van der Waals surface area contributed by atoms with Crippen LogP contribution in [0, 0.1) is 0 Å². The fraction of sp³-hybridized carbons (Fsp3) is 0.0500. The second-order valence-corrected chi connectivity index (χ2v) is 5.91. The third kappa shape index (κ3) is 2.53. The molecule has 4 heteroatoms. The van der Waals surface area contributed by atoms with Crippen LogP contribution in [0.15, 0.2) is 73.1 Å². The molecule has 0 aliphatic heterocycles. The highest BCUT2D eigenvalue weighted by atomic mass is 35.5. The third-order valence-corrected chi connectivity index (χ3v) is 4.36. The molecule has 0 atom stereocenters. The van der Waals surface area contributed by atoms with Crippen LogP contribution in [0.25, 0.3) is 27.8 Å². The van der Waals surface area contributed by atoms with Crippen molar-refractivity contribution in [3.8, 4) is 22.6 Å². The minimum absolute atomic E-state index is 0.581. The summed E-state index contributed by atoms with van der Waals surface area (Å²) in [6, 6.07) is 22.3. The lowest BCUT2D eigenvalue weighted by atomic mass is 10.1. The van der Waals surface area contributed by atoms with Gasteiger partial charge in [-0.15, -0.1) is 0 Å². The van der Waals surface area contributed by atoms with Crippen LogP contribution in [0.2, 0.25) is 5.02 Å². The summed E-state index contributed by atoms with van der Waals surface area (Å²) in [6.07, 6.45) is 1.82. The van der Waals surface area contributed by atoms with Gasteiger partial charge in [-0.25, -0.2) is 4.98 Å². The number of methoxy groups -OCH3 is 1. The van der Waals surface area contributed by atoms with E-state index in [1.807, 2.05) is 47.3 Å². The van der Waals surface area contributed by atoms with Crippen molar-refractivity contribution in [2.24, 2.45) is 0 Å². The molecular formula is C20H15ClN2O. The zero-order valence-corrected chi connectivity index (χ0v) is 13.9. The van der Waals surface area contributed by atoms with Crippen LogP contribution in [0.5, 0.6) is 5.75 Å². The van der Waals surface area contributed by atoms with E-state index in [1.54, 1.807) is 7.11 Å². The monoisotopic (exact) mass is 334 g/mol. The summed E-state index contributed by atoms with van der Waals surface area (Å²) in [4.78, 5) is 4.54. The smallest absolute Gasteiger partial charge is 0.137 e. The topological polar surface area (TPSA) is 27.1 Å². The van der Waals surface area contributed by atoms with Crippen LogP contribution >= 0.6 is 11.6 Å². The highest BCUT2D eigenvalue weighted by molar-refractivity contribution is 6.32. The first-order chi connectivity index (χ1) is 11.8. The minimum atomic E-state index is 0.581. The number of hydrogen-bond donors (Lipinski definition) is 0. The van der Waals surface area contributed by atoms with Gasteiger partial charge in [-0.05, 0) is 41.5 Å². The molecule has 0 aliphatic rings. The first-order valence-corrected chi connectivity index (χ1v) is 8.00. The molecule has 0 unspecified atom stereocenters. The van der Waals surface area contributed by atoms with Crippen LogP contribution < -0.4 is 4.74 Å². The maximum atomic E-state index is 6.24. The van der Waals surface area contributed by atoms with Crippen LogP contribution in [0.3, 0.4) is 0 Å². The molecule has 3 aromatic carbocycles. The molecule has 0 N–H and O–H groups in total. The van der Waals surface area contributed by atoms with E-state index in [1.165, 1.54) is 5.56 Å². The van der Waals surface area contributed by atoms with E-state index in [-0.39, 0.29) is 0 Å². The van der Waals surface area contributed by atoms with Crippen LogP contribution in [-0.4, -0.2) is 16.7 Å². The molecule has 1 heterocycles. The average molecular weight is 335 g/mol. The number of fused-ring (bicyclic) bond motifs is 1. The Bertz CT molecular complexity index is 1010. The van der Waals surface area contributed by atoms with Gasteiger partial charge in [0, 0.05) is 5.69 Å². The van der Waals surface area contributed by atoms with E-state index in [0.29, 0.717) is 10.8 Å². The van der Waals surface area contributed by atoms with Crippen molar-refractivity contribution in [1.82, 2.24) is 9.55 Å². The van der Waals surface area contributed by atoms with Gasteiger partial charge in [0.25, 0.3) is 0 Å². The van der Waals surface area contributed by atoms with Crippen molar-refractivity contribution >= 4 is 22.6 Å². The summed E-state index contributed by atoms with van der Waals surface area (Å²) in [5, 5.41) is 0.581. The summed E-state index contributed by atoms with van der Waals surface area (Å²) in [5.41, 5.74) is 5.28. The number of ether oxygens (including phenoxy) is 1. The Hall–Kier alpha value is -2.78. The van der Waals surface area contributed by atoms with Gasteiger partial charge in [0.1, 0.15) is 12.1 Å². The number of benzene rings is 3. The molecule has 118 valence electrons. The molecule has 24 heavy (non-hydrogen) atoms. The highest BCUT2D eigenvalue weighted by Crippen LogP contribution is 2.29. The maximum Gasteiger partial charge on any atom is 0.137 e. The fourth-order valence-corrected chi connectivity index (χ4v) is 3.09. The third-order valence-electron chi connectivity index (χ3n) is 4.07. The SMILES string of the molecule is COc1ccc(-n2cnc3cc(-c4ccccc4)ccc32)cc1Cl. The Morgan fingerprint density at radius 2 is 1.75 bits per heavy atom. The van der Waals surface area contributed by atoms with Gasteiger partial charge >= 0.3 is 0 Å². The lowest BCUT2D eigenvalue weighted by molar-refractivity contribution is 0.415. The molecule has 1 aromatic heterocycles. The molecule has 0 radical (unpaired) electrons. The van der Waals surface area contributed by atoms with Crippen LogP contribution in [-0.2, 0) is 0 Å². The van der Waals surface area contributed by atoms with Crippen molar-refractivity contribution in [2.75, 3.05) is 7.11 Å². The van der Waals surface area contributed by atoms with Crippen LogP contribution in [0.1, 0.15) is 0 Å². The largest absolute Gasteiger partial charge is 0.495 e. The normalized spacial score (nSPS) is 10.9. The zero-order valence-electron chi connectivity index (χ0n) is 13.1. The van der Waals surface area contributed by atoms with E-state index in [9.17, 15) is 0 Å². The summed E-state index contributed by atoms with van der Waals surface area (Å²) in [6.45, 7) is 0. The second kappa shape index (κ2) is 6.02. The van der Waals surface area contributed by atoms with Crippen molar-refractivity contribution in [1.29, 1.82) is 0 Å². The van der Waals surface area contributed by atoms with Gasteiger partial charge < -0.3 is 4.74 Å². The molecule has 0 spiro atoms. The highest BCUT2D eigenvalue weighted by Gasteiger charge is 2.09. The summed E-state index contributed by atoms with van der Waals surface area (Å²) in [7, 11) is 1.61. The second-order valence-electron chi connectivity index (χ2n) is 5.50. The number of hydrogen-bond acceptors (Lipinski definition) is 2. The van der Waals surface area contributed by atoms with Gasteiger partial charge in [0.15, 0.2) is 0 Å². The first kappa shape index (κ1) is 14.8. The number of nitrogens with zero attached hydrogens (tertiary/aromatic N) is 2. The molecule has 0 aliphatic carbocycles. The lowest BCUT2D eigenvalue weighted by Crippen LogP contribution is -1.93. The summed E-state index contributed by atoms with van der Waals surface area (Å²) < 4.78 is 7.24. The number of aromatic nitrogens is 2. The number of rotatable bonds is 3. The minimum Gasteiger partial charge on any atom is -0.495 e. The standard InChI is InChI=1S/C20H15ClN2O/c1-24-20-10-8-16(12-17(20)21)23-13-22-18-11-15(7-9-19(18)23)14-5-3-2-4-6-14/h2-13H,1H3. The molecule has 0 fully saturated rings. The lowest BCUT2D eigenvalue weighted by Gasteiger charge is -2.08. The van der Waals surface area contributed by atoms with Crippen LogP contribution in [0.4, 0.5) is 0 Å². The Kier molecular flexibility index (Phi) is 3.71. The van der Waals surface area contributed by atoms with E-state index >= 15 is 0 Å². The van der Waals surface area contributed by atoms with Gasteiger partial charge in [-0.3, -0.25) is 4.57 Å². The molecule has 0 bridgehead atoms. The molecule has 0 amide bonds. The van der Waals surface area contributed by atoms with Crippen molar-refractivity contribution < 1.29 is 4.74 Å². The predicted molar refractivity (Wildman–Crippen MR) is 98.1 cm³/mol. The first-order valence-electron chi connectivity index (χ1n) is 7.63. The molecular weight excluding hydrogens is 320 g/mol. The maximum absolute atomic E-state index is 6.24. The molecule has 0 saturated carbocycles. The number of halogens is 1. The fourth-order valence-electron chi connectivity index (χ4n) is 2.83. The Balaban J connectivity index is 1.80. The number of imidazole rings is 1. The molecule has 3 nitrogen and oxygen atoms in total. The quantitative estimate of drug-likeness (QED) is 0.504. The Morgan fingerprint density at radius 1 is 0.917 bits per heavy atom.